The van der Waals surface area contributed by atoms with E-state index in [-0.39, 0.29) is 10.9 Å². The molecule has 1 aromatic rings. The standard InChI is InChI=1S/C13H23N3O3S/c1-3-9-13(20(14,18)19)10(4-2)16(15-9)11-7-5-6-8-12(11)17/h11-12,17H,3-8H2,1-2H3,(H2,14,18,19). The van der Waals surface area contributed by atoms with Crippen molar-refractivity contribution >= 4 is 10.0 Å². The summed E-state index contributed by atoms with van der Waals surface area (Å²) in [5.74, 6) is 0. The Morgan fingerprint density at radius 2 is 1.95 bits per heavy atom. The van der Waals surface area contributed by atoms with Gasteiger partial charge in [-0.1, -0.05) is 26.7 Å². The maximum atomic E-state index is 11.8. The maximum absolute atomic E-state index is 11.8. The van der Waals surface area contributed by atoms with Gasteiger partial charge >= 0.3 is 0 Å². The second-order valence-electron chi connectivity index (χ2n) is 5.34. The van der Waals surface area contributed by atoms with E-state index >= 15 is 0 Å². The van der Waals surface area contributed by atoms with Gasteiger partial charge in [-0.25, -0.2) is 13.6 Å². The van der Waals surface area contributed by atoms with Crippen LogP contribution in [-0.2, 0) is 22.9 Å². The highest BCUT2D eigenvalue weighted by molar-refractivity contribution is 7.89. The molecule has 3 N–H and O–H groups in total. The van der Waals surface area contributed by atoms with Crippen molar-refractivity contribution in [1.82, 2.24) is 9.78 Å². The Kier molecular flexibility index (Phi) is 4.51. The summed E-state index contributed by atoms with van der Waals surface area (Å²) in [7, 11) is -3.79. The number of aryl methyl sites for hydroxylation is 1. The summed E-state index contributed by atoms with van der Waals surface area (Å²) in [6.07, 6.45) is 4.16. The van der Waals surface area contributed by atoms with Gasteiger partial charge < -0.3 is 5.11 Å². The molecule has 2 atom stereocenters. The molecule has 1 aliphatic rings. The Morgan fingerprint density at radius 1 is 1.30 bits per heavy atom. The first-order valence-corrected chi connectivity index (χ1v) is 8.75. The zero-order valence-electron chi connectivity index (χ0n) is 12.0. The second kappa shape index (κ2) is 5.83. The number of nitrogens with zero attached hydrogens (tertiary/aromatic N) is 2. The molecular formula is C13H23N3O3S. The van der Waals surface area contributed by atoms with Crippen molar-refractivity contribution in [2.24, 2.45) is 5.14 Å². The smallest absolute Gasteiger partial charge is 0.241 e. The fourth-order valence-electron chi connectivity index (χ4n) is 3.04. The maximum Gasteiger partial charge on any atom is 0.241 e. The molecule has 1 aromatic heterocycles. The highest BCUT2D eigenvalue weighted by Crippen LogP contribution is 2.32. The molecule has 1 aliphatic carbocycles. The minimum Gasteiger partial charge on any atom is -0.391 e. The molecule has 7 heteroatoms. The van der Waals surface area contributed by atoms with E-state index in [1.807, 2.05) is 13.8 Å². The van der Waals surface area contributed by atoms with Gasteiger partial charge in [0, 0.05) is 0 Å². The van der Waals surface area contributed by atoms with E-state index in [1.54, 1.807) is 4.68 Å². The molecule has 0 aliphatic heterocycles. The van der Waals surface area contributed by atoms with E-state index in [0.29, 0.717) is 24.2 Å². The molecule has 0 radical (unpaired) electrons. The molecule has 0 amide bonds. The third-order valence-electron chi connectivity index (χ3n) is 3.99. The summed E-state index contributed by atoms with van der Waals surface area (Å²) >= 11 is 0. The fourth-order valence-corrected chi connectivity index (χ4v) is 4.12. The second-order valence-corrected chi connectivity index (χ2v) is 6.84. The molecule has 0 saturated heterocycles. The Labute approximate surface area is 120 Å². The van der Waals surface area contributed by atoms with Gasteiger partial charge in [-0.05, 0) is 25.7 Å². The van der Waals surface area contributed by atoms with Crippen LogP contribution in [-0.4, -0.2) is 29.4 Å². The molecule has 0 aromatic carbocycles. The number of rotatable bonds is 4. The predicted molar refractivity (Wildman–Crippen MR) is 75.9 cm³/mol. The summed E-state index contributed by atoms with van der Waals surface area (Å²) in [4.78, 5) is 0.153. The summed E-state index contributed by atoms with van der Waals surface area (Å²) in [6, 6.07) is -0.139. The minimum absolute atomic E-state index is 0.139. The molecule has 1 heterocycles. The number of nitrogens with two attached hydrogens (primary N) is 1. The van der Waals surface area contributed by atoms with Gasteiger partial charge in [-0.2, -0.15) is 5.10 Å². The lowest BCUT2D eigenvalue weighted by molar-refractivity contribution is 0.0677. The van der Waals surface area contributed by atoms with Gasteiger partial charge in [0.25, 0.3) is 0 Å². The van der Waals surface area contributed by atoms with Crippen LogP contribution in [0.1, 0.15) is 57.0 Å². The molecule has 2 rings (SSSR count). The van der Waals surface area contributed by atoms with E-state index in [9.17, 15) is 13.5 Å². The Hall–Kier alpha value is -0.920. The van der Waals surface area contributed by atoms with Crippen molar-refractivity contribution in [2.75, 3.05) is 0 Å². The lowest BCUT2D eigenvalue weighted by atomic mass is 9.92. The fraction of sp³-hybridized carbons (Fsp3) is 0.769. The average molecular weight is 301 g/mol. The Balaban J connectivity index is 2.56. The number of sulfonamides is 1. The molecule has 114 valence electrons. The topological polar surface area (TPSA) is 98.2 Å². The van der Waals surface area contributed by atoms with Crippen LogP contribution in [0.4, 0.5) is 0 Å². The number of aliphatic hydroxyl groups excluding tert-OH is 1. The molecule has 6 nitrogen and oxygen atoms in total. The van der Waals surface area contributed by atoms with E-state index in [1.165, 1.54) is 0 Å². The van der Waals surface area contributed by atoms with Crippen LogP contribution in [0.3, 0.4) is 0 Å². The first-order chi connectivity index (χ1) is 9.40. The number of hydrogen-bond donors (Lipinski definition) is 2. The zero-order valence-corrected chi connectivity index (χ0v) is 12.9. The SMILES string of the molecule is CCc1nn(C2CCCCC2O)c(CC)c1S(N)(=O)=O. The summed E-state index contributed by atoms with van der Waals surface area (Å²) < 4.78 is 25.4. The quantitative estimate of drug-likeness (QED) is 0.871. The summed E-state index contributed by atoms with van der Waals surface area (Å²) in [6.45, 7) is 3.74. The van der Waals surface area contributed by atoms with Gasteiger partial charge in [0.2, 0.25) is 10.0 Å². The van der Waals surface area contributed by atoms with Gasteiger partial charge in [0.15, 0.2) is 0 Å². The van der Waals surface area contributed by atoms with E-state index < -0.39 is 16.1 Å². The molecule has 2 unspecified atom stereocenters. The zero-order chi connectivity index (χ0) is 14.9. The molecular weight excluding hydrogens is 278 g/mol. The molecule has 20 heavy (non-hydrogen) atoms. The minimum atomic E-state index is -3.79. The van der Waals surface area contributed by atoms with Crippen LogP contribution >= 0.6 is 0 Å². The molecule has 0 spiro atoms. The Morgan fingerprint density at radius 3 is 2.45 bits per heavy atom. The number of aliphatic hydroxyl groups is 1. The largest absolute Gasteiger partial charge is 0.391 e. The third kappa shape index (κ3) is 2.75. The molecule has 1 saturated carbocycles. The lowest BCUT2D eigenvalue weighted by Crippen LogP contribution is -2.29. The van der Waals surface area contributed by atoms with Crippen LogP contribution < -0.4 is 5.14 Å². The number of hydrogen-bond acceptors (Lipinski definition) is 4. The van der Waals surface area contributed by atoms with E-state index in [0.717, 1.165) is 25.7 Å². The van der Waals surface area contributed by atoms with Crippen LogP contribution in [0.25, 0.3) is 0 Å². The van der Waals surface area contributed by atoms with Crippen LogP contribution in [0.2, 0.25) is 0 Å². The first kappa shape index (κ1) is 15.5. The van der Waals surface area contributed by atoms with Gasteiger partial charge in [0.05, 0.1) is 23.5 Å². The highest BCUT2D eigenvalue weighted by atomic mass is 32.2. The normalized spacial score (nSPS) is 24.0. The first-order valence-electron chi connectivity index (χ1n) is 7.21. The van der Waals surface area contributed by atoms with E-state index in [4.69, 9.17) is 5.14 Å². The van der Waals surface area contributed by atoms with E-state index in [2.05, 4.69) is 5.10 Å². The van der Waals surface area contributed by atoms with Crippen LogP contribution in [0.15, 0.2) is 4.90 Å². The van der Waals surface area contributed by atoms with Crippen molar-refractivity contribution in [2.45, 2.75) is 69.4 Å². The molecule has 0 bridgehead atoms. The third-order valence-corrected chi connectivity index (χ3v) is 5.03. The molecule has 1 fully saturated rings. The monoisotopic (exact) mass is 301 g/mol. The number of primary sulfonamides is 1. The van der Waals surface area contributed by atoms with Gasteiger partial charge in [-0.3, -0.25) is 4.68 Å². The summed E-state index contributed by atoms with van der Waals surface area (Å²) in [5, 5.41) is 20.0. The summed E-state index contributed by atoms with van der Waals surface area (Å²) in [5.41, 5.74) is 1.12. The van der Waals surface area contributed by atoms with Crippen molar-refractivity contribution in [3.05, 3.63) is 11.4 Å². The predicted octanol–water partition coefficient (Wildman–Crippen LogP) is 1.13. The van der Waals surface area contributed by atoms with Gasteiger partial charge in [0.1, 0.15) is 4.90 Å². The lowest BCUT2D eigenvalue weighted by Gasteiger charge is -2.29. The van der Waals surface area contributed by atoms with Crippen molar-refractivity contribution in [3.63, 3.8) is 0 Å². The van der Waals surface area contributed by atoms with Crippen LogP contribution in [0, 0.1) is 0 Å². The number of aromatic nitrogens is 2. The van der Waals surface area contributed by atoms with Gasteiger partial charge in [-0.15, -0.1) is 0 Å². The average Bonchev–Trinajstić information content (AvgIpc) is 2.77. The van der Waals surface area contributed by atoms with Crippen molar-refractivity contribution in [1.29, 1.82) is 0 Å². The van der Waals surface area contributed by atoms with Crippen molar-refractivity contribution < 1.29 is 13.5 Å². The van der Waals surface area contributed by atoms with Crippen LogP contribution in [0.5, 0.6) is 0 Å². The Bertz CT molecular complexity index is 580. The van der Waals surface area contributed by atoms with Crippen molar-refractivity contribution in [3.8, 4) is 0 Å². The highest BCUT2D eigenvalue weighted by Gasteiger charge is 2.31.